The van der Waals surface area contributed by atoms with Crippen LogP contribution in [0.4, 0.5) is 0 Å². The van der Waals surface area contributed by atoms with E-state index in [4.69, 9.17) is 5.73 Å². The topological polar surface area (TPSA) is 119 Å². The van der Waals surface area contributed by atoms with Gasteiger partial charge in [-0.3, -0.25) is 9.48 Å². The van der Waals surface area contributed by atoms with E-state index in [0.29, 0.717) is 5.92 Å². The van der Waals surface area contributed by atoms with E-state index < -0.39 is 22.0 Å². The van der Waals surface area contributed by atoms with Crippen molar-refractivity contribution in [2.75, 3.05) is 6.54 Å². The molecule has 0 aliphatic carbocycles. The summed E-state index contributed by atoms with van der Waals surface area (Å²) in [6.45, 7) is 5.91. The van der Waals surface area contributed by atoms with Crippen molar-refractivity contribution in [3.05, 3.63) is 47.8 Å². The SMILES string of the molecule is CC(NS(=O)(=O)c1cnn(C)c1)C(=O)NCC(N)c1ccc(C(C)C)cc1. The number of benzene rings is 1. The number of hydrogen-bond donors (Lipinski definition) is 3. The van der Waals surface area contributed by atoms with Crippen molar-refractivity contribution in [1.82, 2.24) is 19.8 Å². The molecule has 0 fully saturated rings. The van der Waals surface area contributed by atoms with Crippen LogP contribution in [0.25, 0.3) is 0 Å². The van der Waals surface area contributed by atoms with Gasteiger partial charge in [0, 0.05) is 25.8 Å². The highest BCUT2D eigenvalue weighted by molar-refractivity contribution is 7.89. The van der Waals surface area contributed by atoms with Crippen LogP contribution in [0.1, 0.15) is 43.9 Å². The van der Waals surface area contributed by atoms with Crippen molar-refractivity contribution in [2.45, 2.75) is 43.7 Å². The zero-order valence-electron chi connectivity index (χ0n) is 16.0. The number of hydrogen-bond acceptors (Lipinski definition) is 5. The van der Waals surface area contributed by atoms with E-state index in [2.05, 4.69) is 29.0 Å². The first-order chi connectivity index (χ1) is 12.6. The second-order valence-electron chi connectivity index (χ2n) is 6.87. The van der Waals surface area contributed by atoms with Crippen LogP contribution in [0.5, 0.6) is 0 Å². The normalized spacial score (nSPS) is 14.1. The molecule has 0 spiro atoms. The minimum Gasteiger partial charge on any atom is -0.353 e. The van der Waals surface area contributed by atoms with E-state index >= 15 is 0 Å². The van der Waals surface area contributed by atoms with Gasteiger partial charge in [0.1, 0.15) is 4.90 Å². The molecular formula is C18H27N5O3S. The summed E-state index contributed by atoms with van der Waals surface area (Å²) >= 11 is 0. The number of nitrogens with one attached hydrogen (secondary N) is 2. The summed E-state index contributed by atoms with van der Waals surface area (Å²) in [5.74, 6) is -0.0135. The molecule has 4 N–H and O–H groups in total. The Morgan fingerprint density at radius 1 is 1.19 bits per heavy atom. The maximum absolute atomic E-state index is 12.2. The average molecular weight is 394 g/mol. The standard InChI is InChI=1S/C18H27N5O3S/c1-12(2)14-5-7-15(8-6-14)17(19)10-20-18(24)13(3)22-27(25,26)16-9-21-23(4)11-16/h5-9,11-13,17,22H,10,19H2,1-4H3,(H,20,24). The molecule has 0 bridgehead atoms. The summed E-state index contributed by atoms with van der Waals surface area (Å²) in [6.07, 6.45) is 2.59. The summed E-state index contributed by atoms with van der Waals surface area (Å²) in [6, 6.07) is 6.61. The van der Waals surface area contributed by atoms with Crippen LogP contribution >= 0.6 is 0 Å². The summed E-state index contributed by atoms with van der Waals surface area (Å²) in [7, 11) is -2.20. The summed E-state index contributed by atoms with van der Waals surface area (Å²) in [5.41, 5.74) is 8.25. The van der Waals surface area contributed by atoms with Crippen molar-refractivity contribution in [3.8, 4) is 0 Å². The second kappa shape index (κ2) is 8.64. The summed E-state index contributed by atoms with van der Waals surface area (Å²) < 4.78 is 28.2. The minimum atomic E-state index is -3.81. The van der Waals surface area contributed by atoms with Gasteiger partial charge in [0.2, 0.25) is 15.9 Å². The quantitative estimate of drug-likeness (QED) is 0.619. The van der Waals surface area contributed by atoms with Gasteiger partial charge in [-0.2, -0.15) is 9.82 Å². The van der Waals surface area contributed by atoms with Crippen molar-refractivity contribution in [2.24, 2.45) is 12.8 Å². The molecule has 0 radical (unpaired) electrons. The first-order valence-electron chi connectivity index (χ1n) is 8.74. The lowest BCUT2D eigenvalue weighted by Gasteiger charge is -2.17. The number of carbonyl (C=O) groups excluding carboxylic acids is 1. The number of rotatable bonds is 8. The predicted octanol–water partition coefficient (Wildman–Crippen LogP) is 1.03. The van der Waals surface area contributed by atoms with Crippen molar-refractivity contribution in [3.63, 3.8) is 0 Å². The second-order valence-corrected chi connectivity index (χ2v) is 8.58. The maximum Gasteiger partial charge on any atom is 0.244 e. The van der Waals surface area contributed by atoms with Gasteiger partial charge in [-0.15, -0.1) is 0 Å². The molecule has 1 amide bonds. The number of aryl methyl sites for hydroxylation is 1. The van der Waals surface area contributed by atoms with E-state index in [0.717, 1.165) is 5.56 Å². The fourth-order valence-corrected chi connectivity index (χ4v) is 3.69. The lowest BCUT2D eigenvalue weighted by Crippen LogP contribution is -2.46. The van der Waals surface area contributed by atoms with Gasteiger partial charge in [-0.05, 0) is 24.0 Å². The lowest BCUT2D eigenvalue weighted by atomic mass is 9.99. The van der Waals surface area contributed by atoms with Crippen molar-refractivity contribution >= 4 is 15.9 Å². The van der Waals surface area contributed by atoms with E-state index in [1.165, 1.54) is 29.6 Å². The van der Waals surface area contributed by atoms with E-state index in [-0.39, 0.29) is 17.5 Å². The molecule has 1 aromatic heterocycles. The number of nitrogens with two attached hydrogens (primary N) is 1. The van der Waals surface area contributed by atoms with Gasteiger partial charge in [0.25, 0.3) is 0 Å². The Bertz CT molecular complexity index is 875. The highest BCUT2D eigenvalue weighted by Gasteiger charge is 2.23. The van der Waals surface area contributed by atoms with E-state index in [1.54, 1.807) is 7.05 Å². The lowest BCUT2D eigenvalue weighted by molar-refractivity contribution is -0.122. The molecule has 27 heavy (non-hydrogen) atoms. The van der Waals surface area contributed by atoms with E-state index in [9.17, 15) is 13.2 Å². The van der Waals surface area contributed by atoms with Gasteiger partial charge in [-0.25, -0.2) is 8.42 Å². The molecule has 0 aliphatic rings. The number of carbonyl (C=O) groups is 1. The molecule has 1 heterocycles. The van der Waals surface area contributed by atoms with Crippen LogP contribution in [0.3, 0.4) is 0 Å². The average Bonchev–Trinajstić information content (AvgIpc) is 3.06. The highest BCUT2D eigenvalue weighted by Crippen LogP contribution is 2.17. The third kappa shape index (κ3) is 5.62. The molecule has 0 aliphatic heterocycles. The molecule has 0 saturated heterocycles. The van der Waals surface area contributed by atoms with Gasteiger partial charge in [0.05, 0.1) is 12.2 Å². The van der Waals surface area contributed by atoms with Crippen LogP contribution in [0, 0.1) is 0 Å². The molecule has 1 aromatic carbocycles. The fraction of sp³-hybridized carbons (Fsp3) is 0.444. The molecule has 9 heteroatoms. The van der Waals surface area contributed by atoms with Crippen molar-refractivity contribution < 1.29 is 13.2 Å². The molecule has 8 nitrogen and oxygen atoms in total. The molecule has 2 rings (SSSR count). The van der Waals surface area contributed by atoms with Crippen LogP contribution in [0.2, 0.25) is 0 Å². The zero-order valence-corrected chi connectivity index (χ0v) is 16.8. The zero-order chi connectivity index (χ0) is 20.2. The first kappa shape index (κ1) is 21.1. The smallest absolute Gasteiger partial charge is 0.244 e. The van der Waals surface area contributed by atoms with E-state index in [1.807, 2.05) is 24.3 Å². The highest BCUT2D eigenvalue weighted by atomic mass is 32.2. The number of amides is 1. The Morgan fingerprint density at radius 2 is 1.78 bits per heavy atom. The van der Waals surface area contributed by atoms with Gasteiger partial charge in [0.15, 0.2) is 0 Å². The van der Waals surface area contributed by atoms with Crippen molar-refractivity contribution in [1.29, 1.82) is 0 Å². The monoisotopic (exact) mass is 393 g/mol. The summed E-state index contributed by atoms with van der Waals surface area (Å²) in [5, 5.41) is 6.51. The molecule has 148 valence electrons. The number of sulfonamides is 1. The predicted molar refractivity (Wildman–Crippen MR) is 103 cm³/mol. The number of aromatic nitrogens is 2. The Kier molecular flexibility index (Phi) is 6.74. The molecule has 2 aromatic rings. The van der Waals surface area contributed by atoms with Gasteiger partial charge < -0.3 is 11.1 Å². The van der Waals surface area contributed by atoms with Crippen LogP contribution < -0.4 is 15.8 Å². The molecule has 0 saturated carbocycles. The van der Waals surface area contributed by atoms with Gasteiger partial charge in [-0.1, -0.05) is 38.1 Å². The Morgan fingerprint density at radius 3 is 2.30 bits per heavy atom. The minimum absolute atomic E-state index is 0.00611. The van der Waals surface area contributed by atoms with Crippen LogP contribution in [0.15, 0.2) is 41.6 Å². The molecule has 2 atom stereocenters. The number of nitrogens with zero attached hydrogens (tertiary/aromatic N) is 2. The Labute approximate surface area is 160 Å². The third-order valence-electron chi connectivity index (χ3n) is 4.24. The Hall–Kier alpha value is -2.23. The van der Waals surface area contributed by atoms with Crippen LogP contribution in [-0.2, 0) is 21.9 Å². The molecule has 2 unspecified atom stereocenters. The third-order valence-corrected chi connectivity index (χ3v) is 5.74. The Balaban J connectivity index is 1.90. The molecular weight excluding hydrogens is 366 g/mol. The fourth-order valence-electron chi connectivity index (χ4n) is 2.50. The maximum atomic E-state index is 12.2. The largest absolute Gasteiger partial charge is 0.353 e. The van der Waals surface area contributed by atoms with Crippen LogP contribution in [-0.4, -0.2) is 36.7 Å². The van der Waals surface area contributed by atoms with Gasteiger partial charge >= 0.3 is 0 Å². The first-order valence-corrected chi connectivity index (χ1v) is 10.2. The summed E-state index contributed by atoms with van der Waals surface area (Å²) in [4.78, 5) is 12.2.